The molecule has 2 atom stereocenters. The molecule has 0 amide bonds. The van der Waals surface area contributed by atoms with Crippen LogP contribution < -0.4 is 0 Å². The lowest BCUT2D eigenvalue weighted by atomic mass is 9.73. The Labute approximate surface area is 151 Å². The summed E-state index contributed by atoms with van der Waals surface area (Å²) >= 11 is 0. The summed E-state index contributed by atoms with van der Waals surface area (Å²) < 4.78 is 14.4. The number of hydrogen-bond acceptors (Lipinski definition) is 4. The van der Waals surface area contributed by atoms with Gasteiger partial charge in [-0.2, -0.15) is 5.10 Å². The van der Waals surface area contributed by atoms with Gasteiger partial charge in [0.05, 0.1) is 18.9 Å². The van der Waals surface area contributed by atoms with E-state index in [1.807, 2.05) is 17.9 Å². The van der Waals surface area contributed by atoms with Gasteiger partial charge in [0.15, 0.2) is 0 Å². The van der Waals surface area contributed by atoms with Crippen LogP contribution in [0.25, 0.3) is 0 Å². The van der Waals surface area contributed by atoms with Gasteiger partial charge in [-0.15, -0.1) is 0 Å². The average molecular weight is 348 g/mol. The third kappa shape index (κ3) is 4.09. The minimum atomic E-state index is 0.192. The maximum Gasteiger partial charge on any atom is 0.0677 e. The quantitative estimate of drug-likeness (QED) is 0.793. The topological polar surface area (TPSA) is 39.5 Å². The van der Waals surface area contributed by atoms with Crippen molar-refractivity contribution in [1.29, 1.82) is 0 Å². The molecule has 5 nitrogen and oxygen atoms in total. The van der Waals surface area contributed by atoms with Gasteiger partial charge in [0.25, 0.3) is 0 Å². The second-order valence-corrected chi connectivity index (χ2v) is 8.51. The molecule has 2 saturated heterocycles. The van der Waals surface area contributed by atoms with E-state index in [1.54, 1.807) is 0 Å². The zero-order valence-electron chi connectivity index (χ0n) is 15.7. The Balaban J connectivity index is 1.37. The van der Waals surface area contributed by atoms with E-state index < -0.39 is 0 Å². The van der Waals surface area contributed by atoms with Crippen LogP contribution >= 0.6 is 0 Å². The fourth-order valence-electron chi connectivity index (χ4n) is 5.15. The van der Waals surface area contributed by atoms with Crippen LogP contribution in [0, 0.1) is 11.3 Å². The van der Waals surface area contributed by atoms with Gasteiger partial charge in [-0.05, 0) is 38.0 Å². The molecule has 1 aromatic rings. The smallest absolute Gasteiger partial charge is 0.0677 e. The SMILES string of the molecule is Cn1cc(CN2CC[C@H]3OCCC[C@]3(COCC3CCCC3)C2)cn1. The Bertz CT molecular complexity index is 555. The van der Waals surface area contributed by atoms with Crippen molar-refractivity contribution >= 4 is 0 Å². The van der Waals surface area contributed by atoms with E-state index in [4.69, 9.17) is 9.47 Å². The lowest BCUT2D eigenvalue weighted by Gasteiger charge is -2.50. The minimum Gasteiger partial charge on any atom is -0.380 e. The molecule has 1 aliphatic carbocycles. The van der Waals surface area contributed by atoms with Gasteiger partial charge in [0, 0.05) is 57.1 Å². The Kier molecular flexibility index (Phi) is 5.44. The number of ether oxygens (including phenoxy) is 2. The summed E-state index contributed by atoms with van der Waals surface area (Å²) in [6.07, 6.45) is 13.6. The maximum absolute atomic E-state index is 6.30. The highest BCUT2D eigenvalue weighted by molar-refractivity contribution is 5.05. The van der Waals surface area contributed by atoms with Gasteiger partial charge in [0.1, 0.15) is 0 Å². The Morgan fingerprint density at radius 1 is 1.28 bits per heavy atom. The minimum absolute atomic E-state index is 0.192. The fraction of sp³-hybridized carbons (Fsp3) is 0.850. The van der Waals surface area contributed by atoms with E-state index >= 15 is 0 Å². The first kappa shape index (κ1) is 17.5. The summed E-state index contributed by atoms with van der Waals surface area (Å²) in [6.45, 7) is 5.96. The number of aromatic nitrogens is 2. The number of rotatable bonds is 6. The molecule has 0 bridgehead atoms. The molecule has 25 heavy (non-hydrogen) atoms. The van der Waals surface area contributed by atoms with Crippen molar-refractivity contribution in [2.24, 2.45) is 18.4 Å². The maximum atomic E-state index is 6.30. The molecule has 140 valence electrons. The van der Waals surface area contributed by atoms with Crippen molar-refractivity contribution < 1.29 is 9.47 Å². The van der Waals surface area contributed by atoms with Crippen molar-refractivity contribution in [3.8, 4) is 0 Å². The molecule has 4 rings (SSSR count). The highest BCUT2D eigenvalue weighted by Crippen LogP contribution is 2.41. The van der Waals surface area contributed by atoms with Crippen molar-refractivity contribution in [2.45, 2.75) is 57.6 Å². The van der Waals surface area contributed by atoms with Gasteiger partial charge in [-0.25, -0.2) is 0 Å². The average Bonchev–Trinajstić information content (AvgIpc) is 3.26. The Hall–Kier alpha value is -0.910. The largest absolute Gasteiger partial charge is 0.380 e. The molecule has 3 aliphatic rings. The Morgan fingerprint density at radius 3 is 2.96 bits per heavy atom. The predicted molar refractivity (Wildman–Crippen MR) is 97.3 cm³/mol. The molecule has 0 aromatic carbocycles. The molecule has 5 heteroatoms. The van der Waals surface area contributed by atoms with E-state index in [-0.39, 0.29) is 5.41 Å². The standard InChI is InChI=1S/C20H33N3O2/c1-22-12-18(11-21-22)13-23-9-7-19-20(15-23,8-4-10-25-19)16-24-14-17-5-2-3-6-17/h11-12,17,19H,2-10,13-16H2,1H3/t19-,20-/m1/s1. The molecule has 0 radical (unpaired) electrons. The van der Waals surface area contributed by atoms with E-state index in [9.17, 15) is 0 Å². The third-order valence-corrected chi connectivity index (χ3v) is 6.45. The molecule has 3 heterocycles. The van der Waals surface area contributed by atoms with Crippen LogP contribution in [0.5, 0.6) is 0 Å². The van der Waals surface area contributed by atoms with Crippen LogP contribution in [0.2, 0.25) is 0 Å². The first-order valence-electron chi connectivity index (χ1n) is 10.1. The molecule has 2 aliphatic heterocycles. The van der Waals surface area contributed by atoms with Gasteiger partial charge in [-0.1, -0.05) is 12.8 Å². The van der Waals surface area contributed by atoms with Crippen molar-refractivity contribution in [3.05, 3.63) is 18.0 Å². The lowest BCUT2D eigenvalue weighted by molar-refractivity contribution is -0.155. The van der Waals surface area contributed by atoms with Crippen LogP contribution in [0.15, 0.2) is 12.4 Å². The van der Waals surface area contributed by atoms with Crippen LogP contribution in [0.4, 0.5) is 0 Å². The van der Waals surface area contributed by atoms with Crippen LogP contribution in [0.3, 0.4) is 0 Å². The van der Waals surface area contributed by atoms with Gasteiger partial charge < -0.3 is 9.47 Å². The van der Waals surface area contributed by atoms with Crippen LogP contribution in [-0.2, 0) is 23.1 Å². The van der Waals surface area contributed by atoms with Crippen LogP contribution in [-0.4, -0.2) is 53.7 Å². The second-order valence-electron chi connectivity index (χ2n) is 8.51. The number of hydrogen-bond donors (Lipinski definition) is 0. The molecule has 0 unspecified atom stereocenters. The first-order valence-corrected chi connectivity index (χ1v) is 10.1. The number of likely N-dealkylation sites (tertiary alicyclic amines) is 1. The monoisotopic (exact) mass is 347 g/mol. The fourth-order valence-corrected chi connectivity index (χ4v) is 5.15. The first-order chi connectivity index (χ1) is 12.2. The summed E-state index contributed by atoms with van der Waals surface area (Å²) in [4.78, 5) is 2.58. The molecule has 1 aromatic heterocycles. The van der Waals surface area contributed by atoms with Gasteiger partial charge in [-0.3, -0.25) is 9.58 Å². The van der Waals surface area contributed by atoms with Crippen molar-refractivity contribution in [2.75, 3.05) is 32.9 Å². The summed E-state index contributed by atoms with van der Waals surface area (Å²) in [7, 11) is 1.99. The normalized spacial score (nSPS) is 31.3. The molecular weight excluding hydrogens is 314 g/mol. The molecular formula is C20H33N3O2. The van der Waals surface area contributed by atoms with E-state index in [0.29, 0.717) is 6.10 Å². The number of piperidine rings is 1. The molecule has 3 fully saturated rings. The lowest BCUT2D eigenvalue weighted by Crippen LogP contribution is -2.56. The highest BCUT2D eigenvalue weighted by Gasteiger charge is 2.46. The Morgan fingerprint density at radius 2 is 2.16 bits per heavy atom. The van der Waals surface area contributed by atoms with Crippen LogP contribution in [0.1, 0.15) is 50.5 Å². The molecule has 0 N–H and O–H groups in total. The number of nitrogens with zero attached hydrogens (tertiary/aromatic N) is 3. The van der Waals surface area contributed by atoms with Crippen molar-refractivity contribution in [3.63, 3.8) is 0 Å². The predicted octanol–water partition coefficient (Wildman–Crippen LogP) is 3.00. The summed E-state index contributed by atoms with van der Waals surface area (Å²) in [5, 5.41) is 4.32. The van der Waals surface area contributed by atoms with E-state index in [1.165, 1.54) is 44.1 Å². The number of aryl methyl sites for hydroxylation is 1. The van der Waals surface area contributed by atoms with Gasteiger partial charge >= 0.3 is 0 Å². The van der Waals surface area contributed by atoms with Crippen molar-refractivity contribution in [1.82, 2.24) is 14.7 Å². The summed E-state index contributed by atoms with van der Waals surface area (Å²) in [5.74, 6) is 0.800. The third-order valence-electron chi connectivity index (χ3n) is 6.45. The van der Waals surface area contributed by atoms with E-state index in [0.717, 1.165) is 51.8 Å². The number of fused-ring (bicyclic) bond motifs is 1. The zero-order chi connectivity index (χ0) is 17.1. The van der Waals surface area contributed by atoms with Gasteiger partial charge in [0.2, 0.25) is 0 Å². The van der Waals surface area contributed by atoms with E-state index in [2.05, 4.69) is 16.2 Å². The second kappa shape index (κ2) is 7.77. The summed E-state index contributed by atoms with van der Waals surface area (Å²) in [6, 6.07) is 0. The summed E-state index contributed by atoms with van der Waals surface area (Å²) in [5.41, 5.74) is 1.50. The molecule has 0 spiro atoms. The molecule has 1 saturated carbocycles. The highest BCUT2D eigenvalue weighted by atomic mass is 16.5. The zero-order valence-corrected chi connectivity index (χ0v) is 15.7.